The molecule has 1 atom stereocenters. The van der Waals surface area contributed by atoms with E-state index in [4.69, 9.17) is 39.5 Å². The van der Waals surface area contributed by atoms with Gasteiger partial charge in [0.15, 0.2) is 0 Å². The molecule has 0 bridgehead atoms. The molecule has 0 aromatic rings. The van der Waals surface area contributed by atoms with Gasteiger partial charge in [-0.15, -0.1) is 0 Å². The third-order valence-corrected chi connectivity index (χ3v) is 2.12. The van der Waals surface area contributed by atoms with E-state index in [0.29, 0.717) is 12.5 Å². The normalized spacial score (nSPS) is 23.0. The van der Waals surface area contributed by atoms with Crippen LogP contribution in [0.25, 0.3) is 0 Å². The minimum atomic E-state index is -1.54. The molecule has 0 saturated carbocycles. The first-order valence-corrected chi connectivity index (χ1v) is 5.49. The number of halogens is 3. The molecule has 0 unspecified atom stereocenters. The highest BCUT2D eigenvalue weighted by Crippen LogP contribution is 2.31. The van der Waals surface area contributed by atoms with E-state index in [1.807, 2.05) is 6.08 Å². The minimum Gasteiger partial charge on any atom is -0.475 e. The molecule has 0 N–H and O–H groups in total. The molecular weight excluding hydrogens is 244 g/mol. The van der Waals surface area contributed by atoms with Gasteiger partial charge in [-0.1, -0.05) is 60.8 Å². The number of hydrogen-bond donors (Lipinski definition) is 0. The van der Waals surface area contributed by atoms with Crippen molar-refractivity contribution < 1.29 is 4.74 Å². The van der Waals surface area contributed by atoms with Crippen molar-refractivity contribution in [2.24, 2.45) is 10.9 Å². The van der Waals surface area contributed by atoms with Gasteiger partial charge in [-0.3, -0.25) is 0 Å². The summed E-state index contributed by atoms with van der Waals surface area (Å²) in [6, 6.07) is -0.0250. The summed E-state index contributed by atoms with van der Waals surface area (Å²) in [6.07, 6.45) is 4.02. The molecule has 0 spiro atoms. The van der Waals surface area contributed by atoms with E-state index in [0.717, 1.165) is 0 Å². The van der Waals surface area contributed by atoms with E-state index in [1.165, 1.54) is 0 Å². The van der Waals surface area contributed by atoms with Gasteiger partial charge < -0.3 is 4.74 Å². The second kappa shape index (κ2) is 4.73. The van der Waals surface area contributed by atoms with Crippen LogP contribution in [0.1, 0.15) is 13.8 Å². The molecular formula is C9H12Cl3NO. The Morgan fingerprint density at radius 2 is 2.14 bits per heavy atom. The molecule has 1 aliphatic rings. The van der Waals surface area contributed by atoms with E-state index in [-0.39, 0.29) is 11.9 Å². The van der Waals surface area contributed by atoms with Crippen LogP contribution < -0.4 is 0 Å². The smallest absolute Gasteiger partial charge is 0.266 e. The Kier molecular flexibility index (Phi) is 4.11. The first-order chi connectivity index (χ1) is 6.39. The van der Waals surface area contributed by atoms with E-state index < -0.39 is 3.79 Å². The van der Waals surface area contributed by atoms with Gasteiger partial charge in [0.1, 0.15) is 12.6 Å². The maximum atomic E-state index is 5.62. The van der Waals surface area contributed by atoms with Crippen LogP contribution >= 0.6 is 34.8 Å². The fourth-order valence-corrected chi connectivity index (χ4v) is 1.30. The van der Waals surface area contributed by atoms with Gasteiger partial charge in [0.05, 0.1) is 0 Å². The molecule has 2 nitrogen and oxygen atoms in total. The number of alkyl halides is 3. The summed E-state index contributed by atoms with van der Waals surface area (Å²) < 4.78 is 3.62. The van der Waals surface area contributed by atoms with Gasteiger partial charge in [0.2, 0.25) is 5.90 Å². The summed E-state index contributed by atoms with van der Waals surface area (Å²) in [5.74, 6) is 0.669. The molecule has 14 heavy (non-hydrogen) atoms. The summed E-state index contributed by atoms with van der Waals surface area (Å²) >= 11 is 16.9. The topological polar surface area (TPSA) is 21.6 Å². The molecule has 0 radical (unpaired) electrons. The maximum Gasteiger partial charge on any atom is 0.266 e. The number of rotatable bonds is 2. The largest absolute Gasteiger partial charge is 0.475 e. The second-order valence-electron chi connectivity index (χ2n) is 3.44. The van der Waals surface area contributed by atoms with Crippen LogP contribution in [-0.2, 0) is 4.74 Å². The molecule has 1 aliphatic heterocycles. The highest BCUT2D eigenvalue weighted by atomic mass is 35.6. The third-order valence-electron chi connectivity index (χ3n) is 1.63. The molecule has 0 fully saturated rings. The van der Waals surface area contributed by atoms with Crippen LogP contribution in [-0.4, -0.2) is 22.3 Å². The monoisotopic (exact) mass is 255 g/mol. The van der Waals surface area contributed by atoms with Crippen molar-refractivity contribution in [3.8, 4) is 0 Å². The van der Waals surface area contributed by atoms with Gasteiger partial charge >= 0.3 is 0 Å². The van der Waals surface area contributed by atoms with Gasteiger partial charge in [-0.05, 0) is 5.92 Å². The molecule has 0 amide bonds. The van der Waals surface area contributed by atoms with Crippen molar-refractivity contribution >= 4 is 40.7 Å². The SMILES string of the molecule is CC(C)/C=C/[C@@H]1COC(C(Cl)(Cl)Cl)=N1. The molecule has 0 aromatic heterocycles. The molecule has 0 aromatic carbocycles. The van der Waals surface area contributed by atoms with Crippen LogP contribution in [0.4, 0.5) is 0 Å². The van der Waals surface area contributed by atoms with E-state index in [9.17, 15) is 0 Å². The molecule has 80 valence electrons. The van der Waals surface area contributed by atoms with Crippen molar-refractivity contribution in [2.45, 2.75) is 23.7 Å². The fraction of sp³-hybridized carbons (Fsp3) is 0.667. The highest BCUT2D eigenvalue weighted by molar-refractivity contribution is 6.76. The number of hydrogen-bond acceptors (Lipinski definition) is 2. The lowest BCUT2D eigenvalue weighted by Crippen LogP contribution is -2.18. The van der Waals surface area contributed by atoms with Crippen molar-refractivity contribution in [2.75, 3.05) is 6.61 Å². The Morgan fingerprint density at radius 1 is 1.50 bits per heavy atom. The third kappa shape index (κ3) is 3.68. The first kappa shape index (κ1) is 12.2. The quantitative estimate of drug-likeness (QED) is 0.548. The van der Waals surface area contributed by atoms with Crippen molar-refractivity contribution in [3.05, 3.63) is 12.2 Å². The number of nitrogens with zero attached hydrogens (tertiary/aromatic N) is 1. The lowest BCUT2D eigenvalue weighted by Gasteiger charge is -2.08. The lowest BCUT2D eigenvalue weighted by atomic mass is 10.2. The summed E-state index contributed by atoms with van der Waals surface area (Å²) in [5, 5.41) is 0. The molecule has 1 heterocycles. The van der Waals surface area contributed by atoms with Crippen LogP contribution in [0.15, 0.2) is 17.1 Å². The number of allylic oxidation sites excluding steroid dienone is 1. The lowest BCUT2D eigenvalue weighted by molar-refractivity contribution is 0.326. The Bertz CT molecular complexity index is 255. The predicted molar refractivity (Wildman–Crippen MR) is 61.4 cm³/mol. The minimum absolute atomic E-state index is 0.0250. The zero-order valence-corrected chi connectivity index (χ0v) is 10.3. The predicted octanol–water partition coefficient (Wildman–Crippen LogP) is 3.37. The van der Waals surface area contributed by atoms with Gasteiger partial charge in [-0.2, -0.15) is 0 Å². The number of aliphatic imine (C=N–C) groups is 1. The molecule has 0 saturated heterocycles. The summed E-state index contributed by atoms with van der Waals surface area (Å²) in [6.45, 7) is 4.63. The second-order valence-corrected chi connectivity index (χ2v) is 5.72. The zero-order valence-electron chi connectivity index (χ0n) is 8.01. The fourth-order valence-electron chi connectivity index (χ4n) is 0.994. The Labute approximate surface area is 98.9 Å². The zero-order chi connectivity index (χ0) is 10.8. The summed E-state index contributed by atoms with van der Waals surface area (Å²) in [7, 11) is 0. The Hall–Kier alpha value is 0.0800. The van der Waals surface area contributed by atoms with E-state index in [2.05, 4.69) is 24.9 Å². The van der Waals surface area contributed by atoms with Gasteiger partial charge in [-0.25, -0.2) is 4.99 Å². The van der Waals surface area contributed by atoms with Crippen molar-refractivity contribution in [1.82, 2.24) is 0 Å². The Balaban J connectivity index is 2.59. The van der Waals surface area contributed by atoms with Crippen LogP contribution in [0, 0.1) is 5.92 Å². The summed E-state index contributed by atoms with van der Waals surface area (Å²) in [5.41, 5.74) is 0. The highest BCUT2D eigenvalue weighted by Gasteiger charge is 2.34. The van der Waals surface area contributed by atoms with Crippen molar-refractivity contribution in [1.29, 1.82) is 0 Å². The van der Waals surface area contributed by atoms with Crippen molar-refractivity contribution in [3.63, 3.8) is 0 Å². The standard InChI is InChI=1S/C9H12Cl3NO/c1-6(2)3-4-7-5-14-8(13-7)9(10,11)12/h3-4,6-7H,5H2,1-2H3/b4-3+/t7-/m1/s1. The molecule has 0 aliphatic carbocycles. The summed E-state index contributed by atoms with van der Waals surface area (Å²) in [4.78, 5) is 4.14. The first-order valence-electron chi connectivity index (χ1n) is 4.35. The average molecular weight is 257 g/mol. The van der Waals surface area contributed by atoms with E-state index >= 15 is 0 Å². The van der Waals surface area contributed by atoms with E-state index in [1.54, 1.807) is 0 Å². The van der Waals surface area contributed by atoms with Crippen LogP contribution in [0.5, 0.6) is 0 Å². The maximum absolute atomic E-state index is 5.62. The average Bonchev–Trinajstić information content (AvgIpc) is 2.47. The van der Waals surface area contributed by atoms with Gasteiger partial charge in [0, 0.05) is 0 Å². The molecule has 1 rings (SSSR count). The number of ether oxygens (including phenoxy) is 1. The Morgan fingerprint density at radius 3 is 2.57 bits per heavy atom. The van der Waals surface area contributed by atoms with Crippen LogP contribution in [0.3, 0.4) is 0 Å². The van der Waals surface area contributed by atoms with Gasteiger partial charge in [0.25, 0.3) is 3.79 Å². The van der Waals surface area contributed by atoms with Crippen LogP contribution in [0.2, 0.25) is 0 Å². The molecule has 5 heteroatoms.